The second-order valence-corrected chi connectivity index (χ2v) is 4.94. The van der Waals surface area contributed by atoms with Crippen LogP contribution in [0.1, 0.15) is 30.9 Å². The molecule has 1 aromatic carbocycles. The Labute approximate surface area is 121 Å². The van der Waals surface area contributed by atoms with E-state index in [9.17, 15) is 4.79 Å². The average Bonchev–Trinajstić information content (AvgIpc) is 2.40. The summed E-state index contributed by atoms with van der Waals surface area (Å²) in [6.45, 7) is 4.16. The Kier molecular flexibility index (Phi) is 6.89. The summed E-state index contributed by atoms with van der Waals surface area (Å²) >= 11 is 0. The first kappa shape index (κ1) is 16.0. The van der Waals surface area contributed by atoms with Crippen LogP contribution in [-0.2, 0) is 17.6 Å². The molecular formula is C15H23ClN2O. The molecule has 3 nitrogen and oxygen atoms in total. The molecule has 19 heavy (non-hydrogen) atoms. The molecule has 0 aromatic heterocycles. The third-order valence-electron chi connectivity index (χ3n) is 3.50. The van der Waals surface area contributed by atoms with Gasteiger partial charge in [0.1, 0.15) is 0 Å². The van der Waals surface area contributed by atoms with E-state index in [0.717, 1.165) is 37.9 Å². The van der Waals surface area contributed by atoms with Crippen LogP contribution < -0.4 is 10.6 Å². The summed E-state index contributed by atoms with van der Waals surface area (Å²) in [4.78, 5) is 11.9. The predicted molar refractivity (Wildman–Crippen MR) is 80.8 cm³/mol. The fraction of sp³-hybridized carbons (Fsp3) is 0.533. The Bertz CT molecular complexity index is 386. The number of rotatable bonds is 4. The molecule has 0 bridgehead atoms. The lowest BCUT2D eigenvalue weighted by atomic mass is 10.0. The maximum absolute atomic E-state index is 11.9. The van der Waals surface area contributed by atoms with E-state index in [1.165, 1.54) is 5.56 Å². The minimum atomic E-state index is 0. The summed E-state index contributed by atoms with van der Waals surface area (Å²) in [7, 11) is 0. The van der Waals surface area contributed by atoms with E-state index in [2.05, 4.69) is 41.8 Å². The van der Waals surface area contributed by atoms with Gasteiger partial charge in [0.2, 0.25) is 5.91 Å². The predicted octanol–water partition coefficient (Wildman–Crippen LogP) is 2.08. The quantitative estimate of drug-likeness (QED) is 0.888. The highest BCUT2D eigenvalue weighted by molar-refractivity contribution is 5.85. The molecule has 0 atom stereocenters. The van der Waals surface area contributed by atoms with Gasteiger partial charge in [-0.1, -0.05) is 31.2 Å². The van der Waals surface area contributed by atoms with Crippen molar-refractivity contribution in [3.8, 4) is 0 Å². The van der Waals surface area contributed by atoms with Crippen molar-refractivity contribution in [1.82, 2.24) is 10.6 Å². The lowest BCUT2D eigenvalue weighted by Gasteiger charge is -2.23. The van der Waals surface area contributed by atoms with Gasteiger partial charge in [-0.3, -0.25) is 4.79 Å². The molecule has 1 saturated heterocycles. The largest absolute Gasteiger partial charge is 0.353 e. The summed E-state index contributed by atoms with van der Waals surface area (Å²) < 4.78 is 0. The Hall–Kier alpha value is -1.06. The third kappa shape index (κ3) is 5.21. The average molecular weight is 283 g/mol. The molecule has 4 heteroatoms. The fourth-order valence-corrected chi connectivity index (χ4v) is 2.32. The molecule has 2 N–H and O–H groups in total. The smallest absolute Gasteiger partial charge is 0.224 e. The maximum Gasteiger partial charge on any atom is 0.224 e. The Morgan fingerprint density at radius 2 is 1.79 bits per heavy atom. The van der Waals surface area contributed by atoms with E-state index in [-0.39, 0.29) is 18.3 Å². The fourth-order valence-electron chi connectivity index (χ4n) is 2.32. The number of hydrogen-bond acceptors (Lipinski definition) is 2. The summed E-state index contributed by atoms with van der Waals surface area (Å²) in [5.41, 5.74) is 2.41. The lowest BCUT2D eigenvalue weighted by molar-refractivity contribution is -0.121. The molecule has 0 aliphatic carbocycles. The molecule has 106 valence electrons. The maximum atomic E-state index is 11.9. The van der Waals surface area contributed by atoms with Gasteiger partial charge in [-0.05, 0) is 43.5 Å². The van der Waals surface area contributed by atoms with Crippen LogP contribution in [0.5, 0.6) is 0 Å². The van der Waals surface area contributed by atoms with Crippen LogP contribution in [0.4, 0.5) is 0 Å². The van der Waals surface area contributed by atoms with Gasteiger partial charge in [-0.25, -0.2) is 0 Å². The number of aryl methyl sites for hydroxylation is 1. The van der Waals surface area contributed by atoms with Gasteiger partial charge in [0, 0.05) is 6.04 Å². The molecule has 1 amide bonds. The van der Waals surface area contributed by atoms with Gasteiger partial charge < -0.3 is 10.6 Å². The third-order valence-corrected chi connectivity index (χ3v) is 3.50. The molecule has 1 aromatic rings. The van der Waals surface area contributed by atoms with Crippen LogP contribution in [0.3, 0.4) is 0 Å². The molecule has 0 unspecified atom stereocenters. The molecular weight excluding hydrogens is 260 g/mol. The molecule has 1 fully saturated rings. The van der Waals surface area contributed by atoms with E-state index in [0.29, 0.717) is 12.5 Å². The van der Waals surface area contributed by atoms with E-state index in [4.69, 9.17) is 0 Å². The summed E-state index contributed by atoms with van der Waals surface area (Å²) in [5.74, 6) is 0.145. The van der Waals surface area contributed by atoms with Gasteiger partial charge >= 0.3 is 0 Å². The summed E-state index contributed by atoms with van der Waals surface area (Å²) in [5, 5.41) is 6.42. The molecule has 0 saturated carbocycles. The van der Waals surface area contributed by atoms with Crippen molar-refractivity contribution in [1.29, 1.82) is 0 Å². The van der Waals surface area contributed by atoms with Crippen LogP contribution in [0.15, 0.2) is 24.3 Å². The SMILES string of the molecule is CCc1ccc(CC(=O)NC2CCNCC2)cc1.Cl. The number of halogens is 1. The first-order chi connectivity index (χ1) is 8.78. The minimum absolute atomic E-state index is 0. The highest BCUT2D eigenvalue weighted by Gasteiger charge is 2.15. The zero-order valence-corrected chi connectivity index (χ0v) is 12.3. The van der Waals surface area contributed by atoms with E-state index in [1.807, 2.05) is 0 Å². The van der Waals surface area contributed by atoms with Gasteiger partial charge in [-0.15, -0.1) is 12.4 Å². The zero-order valence-electron chi connectivity index (χ0n) is 11.4. The van der Waals surface area contributed by atoms with Crippen molar-refractivity contribution in [3.05, 3.63) is 35.4 Å². The number of nitrogens with one attached hydrogen (secondary N) is 2. The number of hydrogen-bond donors (Lipinski definition) is 2. The van der Waals surface area contributed by atoms with Crippen LogP contribution in [0.2, 0.25) is 0 Å². The highest BCUT2D eigenvalue weighted by atomic mass is 35.5. The molecule has 1 aliphatic heterocycles. The van der Waals surface area contributed by atoms with Crippen molar-refractivity contribution in [2.45, 2.75) is 38.6 Å². The van der Waals surface area contributed by atoms with Crippen LogP contribution in [0, 0.1) is 0 Å². The first-order valence-electron chi connectivity index (χ1n) is 6.86. The van der Waals surface area contributed by atoms with Gasteiger partial charge in [0.15, 0.2) is 0 Å². The van der Waals surface area contributed by atoms with E-state index in [1.54, 1.807) is 0 Å². The normalized spacial score (nSPS) is 15.6. The van der Waals surface area contributed by atoms with Crippen LogP contribution >= 0.6 is 12.4 Å². The number of carbonyl (C=O) groups excluding carboxylic acids is 1. The monoisotopic (exact) mass is 282 g/mol. The minimum Gasteiger partial charge on any atom is -0.353 e. The van der Waals surface area contributed by atoms with Gasteiger partial charge in [0.25, 0.3) is 0 Å². The second kappa shape index (κ2) is 8.18. The Morgan fingerprint density at radius 3 is 2.37 bits per heavy atom. The Morgan fingerprint density at radius 1 is 1.21 bits per heavy atom. The number of carbonyl (C=O) groups is 1. The van der Waals surface area contributed by atoms with Crippen LogP contribution in [0.25, 0.3) is 0 Å². The van der Waals surface area contributed by atoms with Gasteiger partial charge in [0.05, 0.1) is 6.42 Å². The van der Waals surface area contributed by atoms with Crippen molar-refractivity contribution in [3.63, 3.8) is 0 Å². The lowest BCUT2D eigenvalue weighted by Crippen LogP contribution is -2.43. The first-order valence-corrected chi connectivity index (χ1v) is 6.86. The second-order valence-electron chi connectivity index (χ2n) is 4.94. The molecule has 2 rings (SSSR count). The molecule has 1 aliphatic rings. The number of benzene rings is 1. The standard InChI is InChI=1S/C15H22N2O.ClH/c1-2-12-3-5-13(6-4-12)11-15(18)17-14-7-9-16-10-8-14;/h3-6,14,16H,2,7-11H2,1H3,(H,17,18);1H. The summed E-state index contributed by atoms with van der Waals surface area (Å²) in [6.07, 6.45) is 3.62. The summed E-state index contributed by atoms with van der Waals surface area (Å²) in [6, 6.07) is 8.68. The molecule has 0 radical (unpaired) electrons. The number of amides is 1. The van der Waals surface area contributed by atoms with Crippen molar-refractivity contribution >= 4 is 18.3 Å². The van der Waals surface area contributed by atoms with Crippen molar-refractivity contribution in [2.75, 3.05) is 13.1 Å². The topological polar surface area (TPSA) is 41.1 Å². The van der Waals surface area contributed by atoms with E-state index < -0.39 is 0 Å². The number of piperidine rings is 1. The van der Waals surface area contributed by atoms with E-state index >= 15 is 0 Å². The Balaban J connectivity index is 0.00000180. The van der Waals surface area contributed by atoms with Crippen molar-refractivity contribution in [2.24, 2.45) is 0 Å². The zero-order chi connectivity index (χ0) is 12.8. The van der Waals surface area contributed by atoms with Crippen molar-refractivity contribution < 1.29 is 4.79 Å². The van der Waals surface area contributed by atoms with Gasteiger partial charge in [-0.2, -0.15) is 0 Å². The van der Waals surface area contributed by atoms with Crippen LogP contribution in [-0.4, -0.2) is 25.0 Å². The molecule has 0 spiro atoms. The molecule has 1 heterocycles. The highest BCUT2D eigenvalue weighted by Crippen LogP contribution is 2.07.